The summed E-state index contributed by atoms with van der Waals surface area (Å²) in [5.74, 6) is 0.599. The van der Waals surface area contributed by atoms with Crippen molar-refractivity contribution in [3.8, 4) is 28.1 Å². The minimum atomic E-state index is -0.540. The zero-order valence-electron chi connectivity index (χ0n) is 18.5. The summed E-state index contributed by atoms with van der Waals surface area (Å²) in [6, 6.07) is 14.8. The number of benzene rings is 1. The maximum atomic E-state index is 10.2. The van der Waals surface area contributed by atoms with Crippen LogP contribution in [0.4, 0.5) is 5.69 Å². The van der Waals surface area contributed by atoms with Crippen LogP contribution in [0.2, 0.25) is 0 Å². The number of ether oxygens (including phenoxy) is 1. The predicted molar refractivity (Wildman–Crippen MR) is 144 cm³/mol. The van der Waals surface area contributed by atoms with E-state index in [9.17, 15) is 5.11 Å². The number of fused-ring (bicyclic) bond motifs is 1. The molecule has 0 atom stereocenters. The molecule has 0 bridgehead atoms. The fraction of sp³-hybridized carbons (Fsp3) is 0.280. The first kappa shape index (κ1) is 22.5. The Morgan fingerprint density at radius 2 is 1.70 bits per heavy atom. The van der Waals surface area contributed by atoms with Gasteiger partial charge in [0, 0.05) is 95.8 Å². The second kappa shape index (κ2) is 9.15. The van der Waals surface area contributed by atoms with Crippen LogP contribution in [-0.4, -0.2) is 44.8 Å². The van der Waals surface area contributed by atoms with Crippen molar-refractivity contribution in [1.82, 2.24) is 13.9 Å². The summed E-state index contributed by atoms with van der Waals surface area (Å²) in [6.45, 7) is 3.68. The third-order valence-electron chi connectivity index (χ3n) is 6.35. The first-order chi connectivity index (χ1) is 16.0. The minimum absolute atomic E-state index is 0.540. The number of anilines is 1. The summed E-state index contributed by atoms with van der Waals surface area (Å²) in [7, 11) is 3.22. The molecule has 1 aliphatic rings. The largest absolute Gasteiger partial charge is 0.481 e. The predicted octanol–water partition coefficient (Wildman–Crippen LogP) is 5.97. The van der Waals surface area contributed by atoms with Gasteiger partial charge in [0.2, 0.25) is 5.88 Å². The molecule has 8 heteroatoms. The van der Waals surface area contributed by atoms with Crippen molar-refractivity contribution in [1.29, 1.82) is 0 Å². The minimum Gasteiger partial charge on any atom is -0.481 e. The van der Waals surface area contributed by atoms with Gasteiger partial charge in [-0.2, -0.15) is 0 Å². The molecule has 1 aliphatic heterocycles. The van der Waals surface area contributed by atoms with Crippen molar-refractivity contribution in [2.45, 2.75) is 25.4 Å². The maximum Gasteiger partial charge on any atom is 0.212 e. The average Bonchev–Trinajstić information content (AvgIpc) is 3.22. The van der Waals surface area contributed by atoms with Crippen molar-refractivity contribution in [2.24, 2.45) is 0 Å². The van der Waals surface area contributed by atoms with Gasteiger partial charge in [-0.1, -0.05) is 12.1 Å². The highest BCUT2D eigenvalue weighted by Gasteiger charge is 2.27. The fourth-order valence-corrected chi connectivity index (χ4v) is 5.55. The van der Waals surface area contributed by atoms with Gasteiger partial charge in [-0.25, -0.2) is 9.97 Å². The third-order valence-corrected chi connectivity index (χ3v) is 8.05. The van der Waals surface area contributed by atoms with Crippen LogP contribution in [-0.2, 0) is 0 Å². The zero-order chi connectivity index (χ0) is 23.0. The van der Waals surface area contributed by atoms with Gasteiger partial charge >= 0.3 is 0 Å². The van der Waals surface area contributed by atoms with Crippen LogP contribution < -0.4 is 9.64 Å². The number of aliphatic hydroxyl groups is 1. The van der Waals surface area contributed by atoms with Crippen molar-refractivity contribution < 1.29 is 9.84 Å². The molecule has 0 saturated carbocycles. The van der Waals surface area contributed by atoms with Gasteiger partial charge < -0.3 is 14.7 Å². The number of halogens is 1. The molecule has 1 fully saturated rings. The number of rotatable bonds is 5. The molecule has 0 amide bonds. The maximum absolute atomic E-state index is 10.2. The van der Waals surface area contributed by atoms with Crippen LogP contribution in [0, 0.1) is 0 Å². The van der Waals surface area contributed by atoms with E-state index in [0.29, 0.717) is 5.88 Å². The number of hydrogen-bond donors (Lipinski definition) is 1. The molecule has 170 valence electrons. The fourth-order valence-electron chi connectivity index (χ4n) is 4.29. The molecule has 4 aromatic rings. The summed E-state index contributed by atoms with van der Waals surface area (Å²) in [5, 5.41) is 11.3. The molecule has 4 heterocycles. The Kier molecular flexibility index (Phi) is 6.24. The van der Waals surface area contributed by atoms with E-state index in [4.69, 9.17) is 9.72 Å². The van der Waals surface area contributed by atoms with Gasteiger partial charge in [-0.15, -0.1) is 0 Å². The topological polar surface area (TPSA) is 63.4 Å². The Balaban J connectivity index is 1.47. The molecule has 0 spiro atoms. The van der Waals surface area contributed by atoms with E-state index < -0.39 is 5.60 Å². The normalized spacial score (nSPS) is 15.7. The highest BCUT2D eigenvalue weighted by Crippen LogP contribution is 2.36. The summed E-state index contributed by atoms with van der Waals surface area (Å²) < 4.78 is 7.29. The SMILES string of the molecule is COc1ccc(-c2cn(SI)c3ncc(-c4ccc(N5CCC(C)(O)CC5)cc4)cc23)cn1. The van der Waals surface area contributed by atoms with Gasteiger partial charge in [0.25, 0.3) is 0 Å². The zero-order valence-corrected chi connectivity index (χ0v) is 21.5. The van der Waals surface area contributed by atoms with E-state index in [1.165, 1.54) is 5.69 Å². The number of methoxy groups -OCH3 is 1. The van der Waals surface area contributed by atoms with Gasteiger partial charge in [0.15, 0.2) is 5.65 Å². The van der Waals surface area contributed by atoms with Crippen LogP contribution in [0.5, 0.6) is 5.88 Å². The number of pyridine rings is 2. The Hall–Kier alpha value is -2.30. The third kappa shape index (κ3) is 4.56. The number of aromatic nitrogens is 3. The Labute approximate surface area is 209 Å². The Morgan fingerprint density at radius 1 is 1.00 bits per heavy atom. The second-order valence-electron chi connectivity index (χ2n) is 8.65. The first-order valence-electron chi connectivity index (χ1n) is 10.9. The molecule has 33 heavy (non-hydrogen) atoms. The van der Waals surface area contributed by atoms with Crippen LogP contribution in [0.15, 0.2) is 61.1 Å². The summed E-state index contributed by atoms with van der Waals surface area (Å²) >= 11 is 2.28. The number of hydrogen-bond acceptors (Lipinski definition) is 6. The molecule has 1 N–H and O–H groups in total. The molecule has 6 nitrogen and oxygen atoms in total. The van der Waals surface area contributed by atoms with E-state index in [0.717, 1.165) is 59.2 Å². The molecule has 5 rings (SSSR count). The quantitative estimate of drug-likeness (QED) is 0.298. The van der Waals surface area contributed by atoms with E-state index >= 15 is 0 Å². The van der Waals surface area contributed by atoms with Crippen LogP contribution in [0.1, 0.15) is 19.8 Å². The molecular formula is C25H25IN4O2S. The van der Waals surface area contributed by atoms with Gasteiger partial charge in [-0.05, 0) is 49.6 Å². The van der Waals surface area contributed by atoms with Crippen molar-refractivity contribution in [2.75, 3.05) is 25.1 Å². The smallest absolute Gasteiger partial charge is 0.212 e. The Bertz CT molecular complexity index is 1260. The lowest BCUT2D eigenvalue weighted by molar-refractivity contribution is 0.0351. The average molecular weight is 572 g/mol. The molecule has 0 aliphatic carbocycles. The van der Waals surface area contributed by atoms with Gasteiger partial charge in [-0.3, -0.25) is 3.97 Å². The van der Waals surface area contributed by atoms with E-state index in [1.54, 1.807) is 16.2 Å². The standard InChI is InChI=1S/C25H25IN4O2S/c1-25(31)9-11-29(12-10-25)20-6-3-17(4-7-20)19-13-21-22(16-30(33-26)24(21)28-15-19)18-5-8-23(32-2)27-14-18/h3-8,13-16,31H,9-12H2,1-2H3. The molecule has 0 unspecified atom stereocenters. The molecule has 3 aromatic heterocycles. The van der Waals surface area contributed by atoms with E-state index in [-0.39, 0.29) is 0 Å². The van der Waals surface area contributed by atoms with Crippen molar-refractivity contribution in [3.63, 3.8) is 0 Å². The lowest BCUT2D eigenvalue weighted by Gasteiger charge is -2.37. The molecule has 0 radical (unpaired) electrons. The summed E-state index contributed by atoms with van der Waals surface area (Å²) in [4.78, 5) is 11.5. The Morgan fingerprint density at radius 3 is 2.33 bits per heavy atom. The number of piperidine rings is 1. The van der Waals surface area contributed by atoms with Crippen LogP contribution in [0.3, 0.4) is 0 Å². The van der Waals surface area contributed by atoms with Crippen LogP contribution in [0.25, 0.3) is 33.3 Å². The summed E-state index contributed by atoms with van der Waals surface area (Å²) in [5.41, 5.74) is 5.92. The van der Waals surface area contributed by atoms with Crippen molar-refractivity contribution in [3.05, 3.63) is 61.1 Å². The number of nitrogens with zero attached hydrogens (tertiary/aromatic N) is 4. The highest BCUT2D eigenvalue weighted by molar-refractivity contribution is 14.2. The lowest BCUT2D eigenvalue weighted by Crippen LogP contribution is -2.42. The van der Waals surface area contributed by atoms with Gasteiger partial charge in [0.1, 0.15) is 0 Å². The molecular weight excluding hydrogens is 547 g/mol. The monoisotopic (exact) mass is 572 g/mol. The lowest BCUT2D eigenvalue weighted by atomic mass is 9.93. The van der Waals surface area contributed by atoms with E-state index in [1.807, 2.05) is 31.5 Å². The van der Waals surface area contributed by atoms with Crippen LogP contribution >= 0.6 is 30.3 Å². The first-order valence-corrected chi connectivity index (χ1v) is 14.2. The molecule has 1 aromatic carbocycles. The van der Waals surface area contributed by atoms with Gasteiger partial charge in [0.05, 0.1) is 12.7 Å². The van der Waals surface area contributed by atoms with E-state index in [2.05, 4.69) is 71.6 Å². The summed E-state index contributed by atoms with van der Waals surface area (Å²) in [6.07, 6.45) is 7.48. The highest BCUT2D eigenvalue weighted by atomic mass is 127. The van der Waals surface area contributed by atoms with Crippen molar-refractivity contribution >= 4 is 47.0 Å². The second-order valence-corrected chi connectivity index (χ2v) is 10.4. The molecule has 1 saturated heterocycles.